The van der Waals surface area contributed by atoms with Crippen LogP contribution in [-0.2, 0) is 11.2 Å². The second kappa shape index (κ2) is 8.48. The SMILES string of the molecule is CCCN(C(=O)Cc1cccc(Cl)c1C(=O)O)c1ccccc1I. The van der Waals surface area contributed by atoms with Crippen LogP contribution in [0.1, 0.15) is 29.3 Å². The Labute approximate surface area is 159 Å². The maximum atomic E-state index is 12.8. The summed E-state index contributed by atoms with van der Waals surface area (Å²) in [5, 5.41) is 9.49. The average molecular weight is 458 g/mol. The Hall–Kier alpha value is -1.60. The Balaban J connectivity index is 2.35. The molecule has 2 aromatic rings. The number of nitrogens with zero attached hydrogens (tertiary/aromatic N) is 1. The molecule has 0 aliphatic rings. The van der Waals surface area contributed by atoms with E-state index in [1.54, 1.807) is 17.0 Å². The lowest BCUT2D eigenvalue weighted by Gasteiger charge is -2.24. The summed E-state index contributed by atoms with van der Waals surface area (Å²) in [6, 6.07) is 12.4. The molecule has 0 aliphatic carbocycles. The molecule has 4 nitrogen and oxygen atoms in total. The Morgan fingerprint density at radius 3 is 2.50 bits per heavy atom. The highest BCUT2D eigenvalue weighted by Gasteiger charge is 2.21. The number of carboxylic acids is 1. The molecule has 0 aliphatic heterocycles. The van der Waals surface area contributed by atoms with Crippen LogP contribution in [0.3, 0.4) is 0 Å². The smallest absolute Gasteiger partial charge is 0.337 e. The number of para-hydroxylation sites is 1. The van der Waals surface area contributed by atoms with Gasteiger partial charge in [-0.1, -0.05) is 42.8 Å². The van der Waals surface area contributed by atoms with Gasteiger partial charge >= 0.3 is 5.97 Å². The van der Waals surface area contributed by atoms with E-state index in [1.807, 2.05) is 31.2 Å². The van der Waals surface area contributed by atoms with Gasteiger partial charge in [-0.25, -0.2) is 4.79 Å². The highest BCUT2D eigenvalue weighted by Crippen LogP contribution is 2.25. The fraction of sp³-hybridized carbons (Fsp3) is 0.222. The number of amides is 1. The number of carbonyl (C=O) groups is 2. The number of hydrogen-bond acceptors (Lipinski definition) is 2. The average Bonchev–Trinajstić information content (AvgIpc) is 2.53. The predicted octanol–water partition coefficient (Wildman–Crippen LogP) is 4.63. The Kier molecular flexibility index (Phi) is 6.62. The molecule has 0 radical (unpaired) electrons. The van der Waals surface area contributed by atoms with Gasteiger partial charge in [0.25, 0.3) is 0 Å². The summed E-state index contributed by atoms with van der Waals surface area (Å²) in [5.74, 6) is -1.27. The van der Waals surface area contributed by atoms with Gasteiger partial charge in [0.05, 0.1) is 22.7 Å². The summed E-state index contributed by atoms with van der Waals surface area (Å²) < 4.78 is 0.974. The lowest BCUT2D eigenvalue weighted by Crippen LogP contribution is -2.34. The van der Waals surface area contributed by atoms with Crippen LogP contribution in [-0.4, -0.2) is 23.5 Å². The topological polar surface area (TPSA) is 57.6 Å². The first-order valence-corrected chi connectivity index (χ1v) is 8.97. The van der Waals surface area contributed by atoms with Gasteiger partial charge in [0.2, 0.25) is 5.91 Å². The van der Waals surface area contributed by atoms with Crippen LogP contribution in [0.25, 0.3) is 0 Å². The Bertz CT molecular complexity index is 764. The van der Waals surface area contributed by atoms with Gasteiger partial charge in [-0.15, -0.1) is 0 Å². The van der Waals surface area contributed by atoms with E-state index in [0.717, 1.165) is 15.7 Å². The lowest BCUT2D eigenvalue weighted by molar-refractivity contribution is -0.118. The molecule has 6 heteroatoms. The van der Waals surface area contributed by atoms with Gasteiger partial charge in [-0.05, 0) is 52.8 Å². The zero-order chi connectivity index (χ0) is 17.7. The van der Waals surface area contributed by atoms with Crippen LogP contribution in [0.2, 0.25) is 5.02 Å². The van der Waals surface area contributed by atoms with E-state index < -0.39 is 5.97 Å². The lowest BCUT2D eigenvalue weighted by atomic mass is 10.0. The van der Waals surface area contributed by atoms with Crippen molar-refractivity contribution in [1.82, 2.24) is 0 Å². The largest absolute Gasteiger partial charge is 0.478 e. The number of carbonyl (C=O) groups excluding carboxylic acids is 1. The van der Waals surface area contributed by atoms with Gasteiger partial charge in [0, 0.05) is 10.1 Å². The van der Waals surface area contributed by atoms with E-state index in [1.165, 1.54) is 6.07 Å². The van der Waals surface area contributed by atoms with Gasteiger partial charge in [0.15, 0.2) is 0 Å². The van der Waals surface area contributed by atoms with Crippen molar-refractivity contribution >= 4 is 51.8 Å². The molecule has 0 atom stereocenters. The molecule has 0 heterocycles. The molecule has 24 heavy (non-hydrogen) atoms. The maximum Gasteiger partial charge on any atom is 0.337 e. The molecule has 126 valence electrons. The fourth-order valence-electron chi connectivity index (χ4n) is 2.49. The number of benzene rings is 2. The van der Waals surface area contributed by atoms with Crippen LogP contribution >= 0.6 is 34.2 Å². The molecule has 2 rings (SSSR count). The van der Waals surface area contributed by atoms with Crippen molar-refractivity contribution < 1.29 is 14.7 Å². The summed E-state index contributed by atoms with van der Waals surface area (Å²) in [6.45, 7) is 2.57. The van der Waals surface area contributed by atoms with E-state index in [9.17, 15) is 14.7 Å². The first-order chi connectivity index (χ1) is 11.5. The molecule has 1 N–H and O–H groups in total. The maximum absolute atomic E-state index is 12.8. The van der Waals surface area contributed by atoms with E-state index in [4.69, 9.17) is 11.6 Å². The molecule has 1 amide bonds. The molecule has 0 aromatic heterocycles. The number of anilines is 1. The summed E-state index contributed by atoms with van der Waals surface area (Å²) in [5.41, 5.74) is 1.25. The fourth-order valence-corrected chi connectivity index (χ4v) is 3.44. The van der Waals surface area contributed by atoms with Gasteiger partial charge in [-0.3, -0.25) is 4.79 Å². The first kappa shape index (κ1) is 18.7. The van der Waals surface area contributed by atoms with E-state index >= 15 is 0 Å². The van der Waals surface area contributed by atoms with Gasteiger partial charge < -0.3 is 10.0 Å². The van der Waals surface area contributed by atoms with Crippen molar-refractivity contribution in [3.05, 3.63) is 62.2 Å². The van der Waals surface area contributed by atoms with Crippen LogP contribution < -0.4 is 4.90 Å². The number of hydrogen-bond donors (Lipinski definition) is 1. The summed E-state index contributed by atoms with van der Waals surface area (Å²) in [7, 11) is 0. The number of rotatable bonds is 6. The zero-order valence-electron chi connectivity index (χ0n) is 13.1. The molecule has 0 fully saturated rings. The normalized spacial score (nSPS) is 10.5. The van der Waals surface area contributed by atoms with Crippen LogP contribution in [0.5, 0.6) is 0 Å². The standard InChI is InChI=1S/C18H17ClINO3/c1-2-10-21(15-9-4-3-8-14(15)20)16(22)11-12-6-5-7-13(19)17(12)18(23)24/h3-9H,2,10-11H2,1H3,(H,23,24). The van der Waals surface area contributed by atoms with Crippen molar-refractivity contribution in [2.24, 2.45) is 0 Å². The molecular formula is C18H17ClINO3. The monoisotopic (exact) mass is 457 g/mol. The second-order valence-corrected chi connectivity index (χ2v) is 6.82. The molecule has 0 unspecified atom stereocenters. The van der Waals surface area contributed by atoms with Crippen LogP contribution in [0.15, 0.2) is 42.5 Å². The van der Waals surface area contributed by atoms with Crippen molar-refractivity contribution in [2.45, 2.75) is 19.8 Å². The first-order valence-electron chi connectivity index (χ1n) is 7.51. The number of carboxylic acid groups (broad SMARTS) is 1. The number of halogens is 2. The zero-order valence-corrected chi connectivity index (χ0v) is 16.0. The molecule has 0 bridgehead atoms. The summed E-state index contributed by atoms with van der Waals surface area (Å²) in [6.07, 6.45) is 0.797. The number of aromatic carboxylic acids is 1. The quantitative estimate of drug-likeness (QED) is 0.644. The Morgan fingerprint density at radius 1 is 1.17 bits per heavy atom. The summed E-state index contributed by atoms with van der Waals surface area (Å²) in [4.78, 5) is 26.0. The van der Waals surface area contributed by atoms with Gasteiger partial charge in [0.1, 0.15) is 0 Å². The van der Waals surface area contributed by atoms with Crippen molar-refractivity contribution in [3.8, 4) is 0 Å². The molecular weight excluding hydrogens is 441 g/mol. The van der Waals surface area contributed by atoms with Crippen molar-refractivity contribution in [1.29, 1.82) is 0 Å². The Morgan fingerprint density at radius 2 is 1.88 bits per heavy atom. The molecule has 0 saturated heterocycles. The highest BCUT2D eigenvalue weighted by atomic mass is 127. The van der Waals surface area contributed by atoms with Crippen molar-refractivity contribution in [3.63, 3.8) is 0 Å². The second-order valence-electron chi connectivity index (χ2n) is 5.25. The predicted molar refractivity (Wildman–Crippen MR) is 104 cm³/mol. The third-order valence-electron chi connectivity index (χ3n) is 3.55. The minimum Gasteiger partial charge on any atom is -0.478 e. The van der Waals surface area contributed by atoms with Crippen LogP contribution in [0, 0.1) is 3.57 Å². The van der Waals surface area contributed by atoms with E-state index in [2.05, 4.69) is 22.6 Å². The third kappa shape index (κ3) is 4.27. The van der Waals surface area contributed by atoms with Crippen LogP contribution in [0.4, 0.5) is 5.69 Å². The molecule has 0 spiro atoms. The minimum atomic E-state index is -1.13. The molecule has 0 saturated carbocycles. The minimum absolute atomic E-state index is 0.00678. The van der Waals surface area contributed by atoms with Crippen molar-refractivity contribution in [2.75, 3.05) is 11.4 Å². The molecule has 2 aromatic carbocycles. The third-order valence-corrected chi connectivity index (χ3v) is 4.77. The highest BCUT2D eigenvalue weighted by molar-refractivity contribution is 14.1. The summed E-state index contributed by atoms with van der Waals surface area (Å²) >= 11 is 8.18. The van der Waals surface area contributed by atoms with E-state index in [-0.39, 0.29) is 22.9 Å². The van der Waals surface area contributed by atoms with E-state index in [0.29, 0.717) is 12.1 Å². The van der Waals surface area contributed by atoms with Gasteiger partial charge in [-0.2, -0.15) is 0 Å².